The normalized spacial score (nSPS) is 13.3. The Morgan fingerprint density at radius 1 is 1.17 bits per heavy atom. The highest BCUT2D eigenvalue weighted by atomic mass is 79.9. The van der Waals surface area contributed by atoms with Crippen LogP contribution in [-0.2, 0) is 0 Å². The molecule has 0 fully saturated rings. The molecule has 0 radical (unpaired) electrons. The molecule has 0 aliphatic heterocycles. The fraction of sp³-hybridized carbons (Fsp3) is 0.455. The Morgan fingerprint density at radius 2 is 1.75 bits per heavy atom. The van der Waals surface area contributed by atoms with Gasteiger partial charge in [-0.1, -0.05) is 60.1 Å². The predicted molar refractivity (Wildman–Crippen MR) is 57.8 cm³/mol. The highest BCUT2D eigenvalue weighted by molar-refractivity contribution is 9.09. The zero-order chi connectivity index (χ0) is 8.97. The van der Waals surface area contributed by atoms with Gasteiger partial charge in [-0.05, 0) is 17.4 Å². The number of hydrogen-bond donors (Lipinski definition) is 0. The van der Waals surface area contributed by atoms with Crippen LogP contribution in [0.1, 0.15) is 25.3 Å². The average molecular weight is 227 g/mol. The molecular weight excluding hydrogens is 212 g/mol. The van der Waals surface area contributed by atoms with Gasteiger partial charge >= 0.3 is 0 Å². The van der Waals surface area contributed by atoms with E-state index >= 15 is 0 Å². The second-order valence-corrected chi connectivity index (χ2v) is 4.06. The molecule has 0 unspecified atom stereocenters. The van der Waals surface area contributed by atoms with Gasteiger partial charge in [-0.2, -0.15) is 0 Å². The molecule has 1 aromatic rings. The molecule has 0 saturated heterocycles. The summed E-state index contributed by atoms with van der Waals surface area (Å²) >= 11 is 3.55. The van der Waals surface area contributed by atoms with Crippen LogP contribution >= 0.6 is 15.9 Å². The van der Waals surface area contributed by atoms with Gasteiger partial charge in [0, 0.05) is 5.33 Å². The Balaban J connectivity index is 2.80. The maximum absolute atomic E-state index is 3.55. The molecule has 0 N–H and O–H groups in total. The summed E-state index contributed by atoms with van der Waals surface area (Å²) in [6, 6.07) is 10.7. The van der Waals surface area contributed by atoms with Crippen molar-refractivity contribution in [3.63, 3.8) is 0 Å². The predicted octanol–water partition coefficient (Wildman–Crippen LogP) is 3.82. The first kappa shape index (κ1) is 9.79. The number of hydrogen-bond acceptors (Lipinski definition) is 0. The minimum atomic E-state index is 0.645. The van der Waals surface area contributed by atoms with E-state index in [0.717, 1.165) is 5.33 Å². The van der Waals surface area contributed by atoms with Crippen LogP contribution in [0.3, 0.4) is 0 Å². The number of alkyl halides is 1. The summed E-state index contributed by atoms with van der Waals surface area (Å²) in [6.45, 7) is 4.53. The van der Waals surface area contributed by atoms with Gasteiger partial charge in [0.05, 0.1) is 0 Å². The van der Waals surface area contributed by atoms with E-state index in [1.54, 1.807) is 0 Å². The fourth-order valence-corrected chi connectivity index (χ4v) is 2.47. The molecule has 0 aliphatic carbocycles. The molecule has 66 valence electrons. The summed E-state index contributed by atoms with van der Waals surface area (Å²) in [6.07, 6.45) is 0. The summed E-state index contributed by atoms with van der Waals surface area (Å²) in [4.78, 5) is 0. The van der Waals surface area contributed by atoms with E-state index in [4.69, 9.17) is 0 Å². The SMILES string of the molecule is CC(C)[C@H](CBr)c1ccccc1. The van der Waals surface area contributed by atoms with Crippen molar-refractivity contribution in [3.8, 4) is 0 Å². The van der Waals surface area contributed by atoms with E-state index in [0.29, 0.717) is 11.8 Å². The number of rotatable bonds is 3. The quantitative estimate of drug-likeness (QED) is 0.688. The standard InChI is InChI=1S/C11H15Br/c1-9(2)11(8-12)10-6-4-3-5-7-10/h3-7,9,11H,8H2,1-2H3/t11-/m0/s1. The lowest BCUT2D eigenvalue weighted by molar-refractivity contribution is 0.544. The smallest absolute Gasteiger partial charge is 0.0103 e. The summed E-state index contributed by atoms with van der Waals surface area (Å²) in [5.74, 6) is 1.35. The summed E-state index contributed by atoms with van der Waals surface area (Å²) in [5.41, 5.74) is 1.43. The first-order chi connectivity index (χ1) is 5.75. The van der Waals surface area contributed by atoms with Gasteiger partial charge < -0.3 is 0 Å². The van der Waals surface area contributed by atoms with Gasteiger partial charge in [-0.25, -0.2) is 0 Å². The summed E-state index contributed by atoms with van der Waals surface area (Å²) < 4.78 is 0. The van der Waals surface area contributed by atoms with Crippen LogP contribution in [0, 0.1) is 5.92 Å². The van der Waals surface area contributed by atoms with Crippen LogP contribution in [0.25, 0.3) is 0 Å². The molecule has 0 aliphatic rings. The van der Waals surface area contributed by atoms with Crippen molar-refractivity contribution in [2.45, 2.75) is 19.8 Å². The van der Waals surface area contributed by atoms with E-state index in [2.05, 4.69) is 60.1 Å². The van der Waals surface area contributed by atoms with E-state index in [-0.39, 0.29) is 0 Å². The summed E-state index contributed by atoms with van der Waals surface area (Å²) in [7, 11) is 0. The Morgan fingerprint density at radius 3 is 2.17 bits per heavy atom. The van der Waals surface area contributed by atoms with Crippen molar-refractivity contribution < 1.29 is 0 Å². The summed E-state index contributed by atoms with van der Waals surface area (Å²) in [5, 5.41) is 1.05. The largest absolute Gasteiger partial charge is 0.0921 e. The van der Waals surface area contributed by atoms with Crippen molar-refractivity contribution >= 4 is 15.9 Å². The van der Waals surface area contributed by atoms with Gasteiger partial charge in [-0.15, -0.1) is 0 Å². The topological polar surface area (TPSA) is 0 Å². The molecule has 1 heteroatoms. The molecule has 0 spiro atoms. The molecule has 0 amide bonds. The molecule has 0 saturated carbocycles. The van der Waals surface area contributed by atoms with Gasteiger partial charge in [0.2, 0.25) is 0 Å². The lowest BCUT2D eigenvalue weighted by atomic mass is 9.90. The first-order valence-corrected chi connectivity index (χ1v) is 5.48. The molecule has 12 heavy (non-hydrogen) atoms. The van der Waals surface area contributed by atoms with Crippen LogP contribution in [0.2, 0.25) is 0 Å². The van der Waals surface area contributed by atoms with E-state index in [1.165, 1.54) is 5.56 Å². The van der Waals surface area contributed by atoms with E-state index < -0.39 is 0 Å². The van der Waals surface area contributed by atoms with Gasteiger partial charge in [0.15, 0.2) is 0 Å². The highest BCUT2D eigenvalue weighted by Gasteiger charge is 2.12. The van der Waals surface area contributed by atoms with E-state index in [1.807, 2.05) is 0 Å². The fourth-order valence-electron chi connectivity index (χ4n) is 1.35. The molecule has 0 nitrogen and oxygen atoms in total. The molecule has 0 heterocycles. The Hall–Kier alpha value is -0.300. The molecular formula is C11H15Br. The Bertz CT molecular complexity index is 216. The second kappa shape index (κ2) is 4.66. The second-order valence-electron chi connectivity index (χ2n) is 3.42. The third-order valence-electron chi connectivity index (χ3n) is 2.20. The molecule has 1 rings (SSSR count). The lowest BCUT2D eigenvalue weighted by Crippen LogP contribution is -2.07. The van der Waals surface area contributed by atoms with Crippen molar-refractivity contribution in [2.24, 2.45) is 5.92 Å². The van der Waals surface area contributed by atoms with Gasteiger partial charge in [0.25, 0.3) is 0 Å². The van der Waals surface area contributed by atoms with Crippen molar-refractivity contribution in [1.29, 1.82) is 0 Å². The minimum absolute atomic E-state index is 0.645. The molecule has 0 aromatic heterocycles. The molecule has 1 aromatic carbocycles. The number of halogens is 1. The van der Waals surface area contributed by atoms with Crippen LogP contribution in [-0.4, -0.2) is 5.33 Å². The Kier molecular flexibility index (Phi) is 3.80. The van der Waals surface area contributed by atoms with Crippen LogP contribution < -0.4 is 0 Å². The molecule has 0 bridgehead atoms. The highest BCUT2D eigenvalue weighted by Crippen LogP contribution is 2.25. The zero-order valence-electron chi connectivity index (χ0n) is 7.63. The van der Waals surface area contributed by atoms with Crippen LogP contribution in [0.5, 0.6) is 0 Å². The van der Waals surface area contributed by atoms with Gasteiger partial charge in [-0.3, -0.25) is 0 Å². The average Bonchev–Trinajstić information content (AvgIpc) is 2.07. The molecule has 1 atom stereocenters. The monoisotopic (exact) mass is 226 g/mol. The maximum atomic E-state index is 3.55. The Labute approximate surface area is 83.1 Å². The maximum Gasteiger partial charge on any atom is 0.0103 e. The zero-order valence-corrected chi connectivity index (χ0v) is 9.21. The minimum Gasteiger partial charge on any atom is -0.0921 e. The van der Waals surface area contributed by atoms with Crippen LogP contribution in [0.15, 0.2) is 30.3 Å². The third-order valence-corrected chi connectivity index (χ3v) is 2.90. The van der Waals surface area contributed by atoms with Crippen LogP contribution in [0.4, 0.5) is 0 Å². The van der Waals surface area contributed by atoms with Gasteiger partial charge in [0.1, 0.15) is 0 Å². The van der Waals surface area contributed by atoms with Crippen molar-refractivity contribution in [1.82, 2.24) is 0 Å². The van der Waals surface area contributed by atoms with E-state index in [9.17, 15) is 0 Å². The lowest BCUT2D eigenvalue weighted by Gasteiger charge is -2.18. The van der Waals surface area contributed by atoms with Crippen molar-refractivity contribution in [2.75, 3.05) is 5.33 Å². The number of benzene rings is 1. The van der Waals surface area contributed by atoms with Crippen molar-refractivity contribution in [3.05, 3.63) is 35.9 Å². The first-order valence-electron chi connectivity index (χ1n) is 4.36. The third kappa shape index (κ3) is 2.34.